The van der Waals surface area contributed by atoms with Crippen LogP contribution in [0.25, 0.3) is 0 Å². The molecule has 7 nitrogen and oxygen atoms in total. The molecule has 7 heteroatoms. The van der Waals surface area contributed by atoms with Gasteiger partial charge in [0.1, 0.15) is 5.84 Å². The molecule has 0 unspecified atom stereocenters. The van der Waals surface area contributed by atoms with E-state index in [1.54, 1.807) is 0 Å². The van der Waals surface area contributed by atoms with Crippen molar-refractivity contribution in [1.29, 1.82) is 10.8 Å². The van der Waals surface area contributed by atoms with E-state index in [1.807, 2.05) is 0 Å². The summed E-state index contributed by atoms with van der Waals surface area (Å²) >= 11 is 0. The molecule has 12 heavy (non-hydrogen) atoms. The SMILES string of the molecule is N=C1CC(=O)n2c(=N)nc(N)n21. The molecule has 2 heterocycles. The Kier molecular flexibility index (Phi) is 1.02. The summed E-state index contributed by atoms with van der Waals surface area (Å²) in [5.74, 6) is -0.270. The summed E-state index contributed by atoms with van der Waals surface area (Å²) in [6, 6.07) is 0. The quantitative estimate of drug-likeness (QED) is 0.441. The molecule has 1 aromatic heterocycles. The molecule has 1 aromatic rings. The zero-order valence-corrected chi connectivity index (χ0v) is 6.03. The third-order valence-corrected chi connectivity index (χ3v) is 1.65. The van der Waals surface area contributed by atoms with E-state index in [-0.39, 0.29) is 29.7 Å². The van der Waals surface area contributed by atoms with E-state index in [9.17, 15) is 4.79 Å². The molecule has 0 spiro atoms. The van der Waals surface area contributed by atoms with Crippen molar-refractivity contribution in [3.05, 3.63) is 5.62 Å². The number of anilines is 1. The molecule has 0 radical (unpaired) electrons. The van der Waals surface area contributed by atoms with Gasteiger partial charge in [-0.1, -0.05) is 0 Å². The summed E-state index contributed by atoms with van der Waals surface area (Å²) in [7, 11) is 0. The van der Waals surface area contributed by atoms with Crippen molar-refractivity contribution in [3.63, 3.8) is 0 Å². The average molecular weight is 166 g/mol. The maximum Gasteiger partial charge on any atom is 0.256 e. The fourth-order valence-corrected chi connectivity index (χ4v) is 1.18. The molecule has 0 fully saturated rings. The number of nitrogens with one attached hydrogen (secondary N) is 2. The highest BCUT2D eigenvalue weighted by Gasteiger charge is 2.26. The molecule has 0 aliphatic carbocycles. The Bertz CT molecular complexity index is 437. The highest BCUT2D eigenvalue weighted by atomic mass is 16.2. The summed E-state index contributed by atoms with van der Waals surface area (Å²) in [6.45, 7) is 0. The number of nitrogens with two attached hydrogens (primary N) is 1. The first kappa shape index (κ1) is 6.77. The Morgan fingerprint density at radius 1 is 1.42 bits per heavy atom. The van der Waals surface area contributed by atoms with Gasteiger partial charge < -0.3 is 5.73 Å². The fourth-order valence-electron chi connectivity index (χ4n) is 1.18. The number of rotatable bonds is 0. The average Bonchev–Trinajstić information content (AvgIpc) is 2.38. The topological polar surface area (TPSA) is 114 Å². The number of nitrogens with zero attached hydrogens (tertiary/aromatic N) is 3. The van der Waals surface area contributed by atoms with E-state index in [1.165, 1.54) is 0 Å². The predicted octanol–water partition coefficient (Wildman–Crippen LogP) is -1.38. The minimum absolute atomic E-state index is 0.0100. The second-order valence-corrected chi connectivity index (χ2v) is 2.43. The number of aromatic nitrogens is 3. The van der Waals surface area contributed by atoms with Crippen molar-refractivity contribution in [2.45, 2.75) is 6.42 Å². The van der Waals surface area contributed by atoms with Gasteiger partial charge >= 0.3 is 0 Å². The maximum absolute atomic E-state index is 11.1. The van der Waals surface area contributed by atoms with Gasteiger partial charge in [0.2, 0.25) is 11.6 Å². The van der Waals surface area contributed by atoms with E-state index in [2.05, 4.69) is 4.98 Å². The largest absolute Gasteiger partial charge is 0.368 e. The number of hydrogen-bond donors (Lipinski definition) is 3. The van der Waals surface area contributed by atoms with Crippen molar-refractivity contribution in [2.75, 3.05) is 5.73 Å². The molecule has 62 valence electrons. The van der Waals surface area contributed by atoms with Crippen LogP contribution in [-0.2, 0) is 0 Å². The summed E-state index contributed by atoms with van der Waals surface area (Å²) in [5, 5.41) is 14.6. The Labute approximate surface area is 66.4 Å². The van der Waals surface area contributed by atoms with Crippen LogP contribution in [0.2, 0.25) is 0 Å². The van der Waals surface area contributed by atoms with E-state index in [0.717, 1.165) is 9.36 Å². The number of hydrogen-bond acceptors (Lipinski definition) is 5. The van der Waals surface area contributed by atoms with Crippen LogP contribution in [0, 0.1) is 10.8 Å². The van der Waals surface area contributed by atoms with Gasteiger partial charge in [0.15, 0.2) is 0 Å². The van der Waals surface area contributed by atoms with Crippen LogP contribution in [-0.4, -0.2) is 26.1 Å². The van der Waals surface area contributed by atoms with E-state index >= 15 is 0 Å². The zero-order valence-electron chi connectivity index (χ0n) is 6.03. The van der Waals surface area contributed by atoms with Crippen LogP contribution in [0.3, 0.4) is 0 Å². The standard InChI is InChI=1S/C5H6N6O/c6-2-1-3(12)11-5(8)9-4(7)10(2)11/h6H,1H2,(H3,7,8,9). The molecule has 0 amide bonds. The van der Waals surface area contributed by atoms with Gasteiger partial charge in [-0.2, -0.15) is 14.3 Å². The van der Waals surface area contributed by atoms with Crippen LogP contribution in [0.4, 0.5) is 5.95 Å². The minimum atomic E-state index is -0.339. The van der Waals surface area contributed by atoms with Crippen molar-refractivity contribution in [1.82, 2.24) is 14.3 Å². The summed E-state index contributed by atoms with van der Waals surface area (Å²) in [5.41, 5.74) is 5.14. The number of fused-ring (bicyclic) bond motifs is 1. The fraction of sp³-hybridized carbons (Fsp3) is 0.200. The van der Waals surface area contributed by atoms with Crippen LogP contribution in [0.15, 0.2) is 0 Å². The second-order valence-electron chi connectivity index (χ2n) is 2.43. The molecule has 2 rings (SSSR count). The Hall–Kier alpha value is -1.92. The molecule has 0 saturated heterocycles. The van der Waals surface area contributed by atoms with E-state index in [0.29, 0.717) is 0 Å². The molecule has 0 bridgehead atoms. The number of nitrogen functional groups attached to an aromatic ring is 1. The first-order chi connectivity index (χ1) is 5.61. The first-order valence-corrected chi connectivity index (χ1v) is 3.24. The van der Waals surface area contributed by atoms with Crippen LogP contribution < -0.4 is 11.4 Å². The highest BCUT2D eigenvalue weighted by molar-refractivity contribution is 6.05. The summed E-state index contributed by atoms with van der Waals surface area (Å²) in [4.78, 5) is 14.6. The first-order valence-electron chi connectivity index (χ1n) is 3.24. The maximum atomic E-state index is 11.1. The smallest absolute Gasteiger partial charge is 0.256 e. The van der Waals surface area contributed by atoms with E-state index < -0.39 is 0 Å². The monoisotopic (exact) mass is 166 g/mol. The van der Waals surface area contributed by atoms with Crippen molar-refractivity contribution >= 4 is 17.7 Å². The van der Waals surface area contributed by atoms with Gasteiger partial charge in [-0.3, -0.25) is 15.6 Å². The molecule has 1 aliphatic heterocycles. The lowest BCUT2D eigenvalue weighted by atomic mass is 10.4. The lowest BCUT2D eigenvalue weighted by Gasteiger charge is -1.96. The van der Waals surface area contributed by atoms with Gasteiger partial charge in [0.25, 0.3) is 5.91 Å². The zero-order chi connectivity index (χ0) is 8.88. The molecular formula is C5H6N6O. The number of carbonyl (C=O) groups is 1. The predicted molar refractivity (Wildman–Crippen MR) is 38.9 cm³/mol. The van der Waals surface area contributed by atoms with Gasteiger partial charge in [0, 0.05) is 0 Å². The van der Waals surface area contributed by atoms with Gasteiger partial charge in [-0.05, 0) is 0 Å². The normalized spacial score (nSPS) is 15.3. The van der Waals surface area contributed by atoms with Gasteiger partial charge in [-0.25, -0.2) is 0 Å². The number of carbonyl (C=O) groups excluding carboxylic acids is 1. The molecule has 0 aromatic carbocycles. The Balaban J connectivity index is 2.87. The lowest BCUT2D eigenvalue weighted by molar-refractivity contribution is 0.0913. The van der Waals surface area contributed by atoms with Crippen LogP contribution in [0.5, 0.6) is 0 Å². The summed E-state index contributed by atoms with van der Waals surface area (Å²) < 4.78 is 2.11. The van der Waals surface area contributed by atoms with E-state index in [4.69, 9.17) is 16.6 Å². The third kappa shape index (κ3) is 0.595. The Morgan fingerprint density at radius 3 is 2.67 bits per heavy atom. The van der Waals surface area contributed by atoms with Crippen LogP contribution in [0.1, 0.15) is 11.2 Å². The van der Waals surface area contributed by atoms with Crippen molar-refractivity contribution in [3.8, 4) is 0 Å². The van der Waals surface area contributed by atoms with Crippen LogP contribution >= 0.6 is 0 Å². The van der Waals surface area contributed by atoms with Crippen molar-refractivity contribution in [2.24, 2.45) is 0 Å². The Morgan fingerprint density at radius 2 is 2.08 bits per heavy atom. The third-order valence-electron chi connectivity index (χ3n) is 1.65. The lowest BCUT2D eigenvalue weighted by Crippen LogP contribution is -2.24. The van der Waals surface area contributed by atoms with Crippen molar-refractivity contribution < 1.29 is 4.79 Å². The molecule has 0 atom stereocenters. The molecular weight excluding hydrogens is 160 g/mol. The highest BCUT2D eigenvalue weighted by Crippen LogP contribution is 2.06. The minimum Gasteiger partial charge on any atom is -0.368 e. The molecule has 0 saturated carbocycles. The van der Waals surface area contributed by atoms with Gasteiger partial charge in [-0.15, -0.1) is 0 Å². The molecule has 1 aliphatic rings. The van der Waals surface area contributed by atoms with Gasteiger partial charge in [0.05, 0.1) is 6.42 Å². The second kappa shape index (κ2) is 1.81. The summed E-state index contributed by atoms with van der Waals surface area (Å²) in [6.07, 6.45) is -0.0153. The molecule has 4 N–H and O–H groups in total.